The fourth-order valence-corrected chi connectivity index (χ4v) is 2.78. The van der Waals surface area contributed by atoms with Crippen molar-refractivity contribution in [1.82, 2.24) is 4.90 Å². The third-order valence-electron chi connectivity index (χ3n) is 4.27. The number of hydrogen-bond donors (Lipinski definition) is 1. The van der Waals surface area contributed by atoms with Gasteiger partial charge in [-0.3, -0.25) is 9.59 Å². The van der Waals surface area contributed by atoms with Crippen LogP contribution in [-0.2, 0) is 19.1 Å². The van der Waals surface area contributed by atoms with Gasteiger partial charge < -0.3 is 24.4 Å². The maximum absolute atomic E-state index is 12.2. The van der Waals surface area contributed by atoms with E-state index >= 15 is 0 Å². The number of nitrogens with one attached hydrogen (secondary N) is 1. The molecule has 2 rings (SSSR count). The predicted molar refractivity (Wildman–Crippen MR) is 116 cm³/mol. The predicted octanol–water partition coefficient (Wildman–Crippen LogP) is 3.06. The second kappa shape index (κ2) is 11.2. The van der Waals surface area contributed by atoms with Crippen LogP contribution in [0.15, 0.2) is 42.5 Å². The van der Waals surface area contributed by atoms with Crippen molar-refractivity contribution in [3.63, 3.8) is 0 Å². The summed E-state index contributed by atoms with van der Waals surface area (Å²) in [5.74, 6) is -0.530. The van der Waals surface area contributed by atoms with E-state index in [1.807, 2.05) is 0 Å². The van der Waals surface area contributed by atoms with E-state index in [1.165, 1.54) is 21.1 Å². The summed E-state index contributed by atoms with van der Waals surface area (Å²) >= 11 is 5.90. The average molecular weight is 449 g/mol. The van der Waals surface area contributed by atoms with E-state index in [2.05, 4.69) is 5.32 Å². The monoisotopic (exact) mass is 448 g/mol. The van der Waals surface area contributed by atoms with Crippen LogP contribution in [0.2, 0.25) is 5.02 Å². The van der Waals surface area contributed by atoms with Gasteiger partial charge in [0.15, 0.2) is 12.7 Å². The topological polar surface area (TPSA) is 94.2 Å². The van der Waals surface area contributed by atoms with Crippen LogP contribution in [0.4, 0.5) is 5.69 Å². The first-order valence-electron chi connectivity index (χ1n) is 9.47. The minimum Gasteiger partial charge on any atom is -0.497 e. The maximum atomic E-state index is 12.2. The quantitative estimate of drug-likeness (QED) is 0.592. The number of esters is 1. The number of methoxy groups -OCH3 is 1. The number of carbonyl (C=O) groups excluding carboxylic acids is 3. The molecule has 0 aliphatic carbocycles. The molecule has 0 aliphatic rings. The lowest BCUT2D eigenvalue weighted by Gasteiger charge is -2.18. The van der Waals surface area contributed by atoms with Crippen molar-refractivity contribution in [2.45, 2.75) is 20.0 Å². The van der Waals surface area contributed by atoms with Gasteiger partial charge in [-0.1, -0.05) is 17.7 Å². The summed E-state index contributed by atoms with van der Waals surface area (Å²) in [5.41, 5.74) is 1.31. The number of amides is 2. The van der Waals surface area contributed by atoms with E-state index in [-0.39, 0.29) is 6.54 Å². The van der Waals surface area contributed by atoms with Crippen LogP contribution in [0.3, 0.4) is 0 Å². The Labute approximate surface area is 186 Å². The van der Waals surface area contributed by atoms with Crippen LogP contribution in [0.1, 0.15) is 12.5 Å². The largest absolute Gasteiger partial charge is 0.497 e. The molecule has 0 aliphatic heterocycles. The number of hydrogen-bond acceptors (Lipinski definition) is 6. The Kier molecular flexibility index (Phi) is 8.69. The van der Waals surface area contributed by atoms with Crippen LogP contribution < -0.4 is 14.8 Å². The van der Waals surface area contributed by atoms with Crippen LogP contribution in [0, 0.1) is 6.92 Å². The molecule has 0 saturated heterocycles. The highest BCUT2D eigenvalue weighted by atomic mass is 35.5. The first-order valence-corrected chi connectivity index (χ1v) is 9.84. The highest BCUT2D eigenvalue weighted by Gasteiger charge is 2.20. The number of anilines is 1. The summed E-state index contributed by atoms with van der Waals surface area (Å²) < 4.78 is 15.7. The SMILES string of the molecule is COc1cccc(NC(=O)CN(C)C(=O)COC(=O)C(C)Oc2ccc(Cl)cc2C)c1. The van der Waals surface area contributed by atoms with E-state index in [0.717, 1.165) is 10.5 Å². The Balaban J connectivity index is 1.79. The number of ether oxygens (including phenoxy) is 3. The van der Waals surface area contributed by atoms with Gasteiger partial charge in [-0.2, -0.15) is 0 Å². The number of rotatable bonds is 9. The average Bonchev–Trinajstić information content (AvgIpc) is 2.73. The summed E-state index contributed by atoms with van der Waals surface area (Å²) in [6.07, 6.45) is -0.922. The molecular weight excluding hydrogens is 424 g/mol. The maximum Gasteiger partial charge on any atom is 0.347 e. The molecule has 8 nitrogen and oxygen atoms in total. The lowest BCUT2D eigenvalue weighted by molar-refractivity contribution is -0.157. The van der Waals surface area contributed by atoms with Crippen LogP contribution in [0.5, 0.6) is 11.5 Å². The molecule has 0 heterocycles. The molecule has 2 aromatic carbocycles. The molecule has 9 heteroatoms. The summed E-state index contributed by atoms with van der Waals surface area (Å²) in [7, 11) is 2.97. The summed E-state index contributed by atoms with van der Waals surface area (Å²) in [6.45, 7) is 2.61. The molecular formula is C22H25ClN2O6. The highest BCUT2D eigenvalue weighted by Crippen LogP contribution is 2.23. The third-order valence-corrected chi connectivity index (χ3v) is 4.51. The van der Waals surface area contributed by atoms with Gasteiger partial charge >= 0.3 is 5.97 Å². The van der Waals surface area contributed by atoms with Crippen LogP contribution >= 0.6 is 11.6 Å². The standard InChI is InChI=1S/C22H25ClN2O6/c1-14-10-16(23)8-9-19(14)31-15(2)22(28)30-13-21(27)25(3)12-20(26)24-17-6-5-7-18(11-17)29-4/h5-11,15H,12-13H2,1-4H3,(H,24,26). The Hall–Kier alpha value is -3.26. The fraction of sp³-hybridized carbons (Fsp3) is 0.318. The molecule has 31 heavy (non-hydrogen) atoms. The first-order chi connectivity index (χ1) is 14.7. The molecule has 2 amide bonds. The first kappa shape index (κ1) is 24.0. The zero-order chi connectivity index (χ0) is 23.0. The van der Waals surface area contributed by atoms with E-state index in [1.54, 1.807) is 49.4 Å². The van der Waals surface area contributed by atoms with Gasteiger partial charge in [0.05, 0.1) is 13.7 Å². The third kappa shape index (κ3) is 7.49. The molecule has 0 bridgehead atoms. The molecule has 0 aromatic heterocycles. The molecule has 0 saturated carbocycles. The van der Waals surface area contributed by atoms with Crippen molar-refractivity contribution in [1.29, 1.82) is 0 Å². The minimum atomic E-state index is -0.922. The van der Waals surface area contributed by atoms with Crippen molar-refractivity contribution in [2.75, 3.05) is 32.6 Å². The van der Waals surface area contributed by atoms with E-state index < -0.39 is 30.5 Å². The van der Waals surface area contributed by atoms with E-state index in [9.17, 15) is 14.4 Å². The van der Waals surface area contributed by atoms with Crippen molar-refractivity contribution >= 4 is 35.1 Å². The van der Waals surface area contributed by atoms with Crippen LogP contribution in [0.25, 0.3) is 0 Å². The van der Waals surface area contributed by atoms with Crippen molar-refractivity contribution in [3.05, 3.63) is 53.1 Å². The second-order valence-electron chi connectivity index (χ2n) is 6.81. The number of aryl methyl sites for hydroxylation is 1. The van der Waals surface area contributed by atoms with Gasteiger partial charge in [0.25, 0.3) is 5.91 Å². The smallest absolute Gasteiger partial charge is 0.347 e. The number of benzene rings is 2. The molecule has 2 aromatic rings. The summed E-state index contributed by atoms with van der Waals surface area (Å²) in [4.78, 5) is 37.7. The number of nitrogens with zero attached hydrogens (tertiary/aromatic N) is 1. The van der Waals surface area contributed by atoms with Gasteiger partial charge in [-0.15, -0.1) is 0 Å². The van der Waals surface area contributed by atoms with Crippen molar-refractivity contribution < 1.29 is 28.6 Å². The lowest BCUT2D eigenvalue weighted by atomic mass is 10.2. The van der Waals surface area contributed by atoms with Gasteiger partial charge in [0, 0.05) is 23.8 Å². The summed E-state index contributed by atoms with van der Waals surface area (Å²) in [6, 6.07) is 11.9. The zero-order valence-electron chi connectivity index (χ0n) is 17.8. The van der Waals surface area contributed by atoms with Crippen molar-refractivity contribution in [2.24, 2.45) is 0 Å². The van der Waals surface area contributed by atoms with Gasteiger partial charge in [-0.05, 0) is 49.7 Å². The molecule has 0 spiro atoms. The molecule has 0 fully saturated rings. The highest BCUT2D eigenvalue weighted by molar-refractivity contribution is 6.30. The number of likely N-dealkylation sites (N-methyl/N-ethyl adjacent to an activating group) is 1. The zero-order valence-corrected chi connectivity index (χ0v) is 18.6. The van der Waals surface area contributed by atoms with E-state index in [4.69, 9.17) is 25.8 Å². The van der Waals surface area contributed by atoms with Crippen molar-refractivity contribution in [3.8, 4) is 11.5 Å². The minimum absolute atomic E-state index is 0.205. The Morgan fingerprint density at radius 3 is 2.58 bits per heavy atom. The normalized spacial score (nSPS) is 11.3. The fourth-order valence-electron chi connectivity index (χ4n) is 2.55. The lowest BCUT2D eigenvalue weighted by Crippen LogP contribution is -2.38. The molecule has 166 valence electrons. The molecule has 1 N–H and O–H groups in total. The summed E-state index contributed by atoms with van der Waals surface area (Å²) in [5, 5.41) is 3.23. The number of halogens is 1. The van der Waals surface area contributed by atoms with Crippen LogP contribution in [-0.4, -0.2) is 56.1 Å². The van der Waals surface area contributed by atoms with Gasteiger partial charge in [0.2, 0.25) is 5.91 Å². The molecule has 1 atom stereocenters. The molecule has 1 unspecified atom stereocenters. The number of carbonyl (C=O) groups is 3. The Morgan fingerprint density at radius 1 is 1.16 bits per heavy atom. The second-order valence-corrected chi connectivity index (χ2v) is 7.24. The van der Waals surface area contributed by atoms with Gasteiger partial charge in [0.1, 0.15) is 11.5 Å². The molecule has 0 radical (unpaired) electrons. The van der Waals surface area contributed by atoms with E-state index in [0.29, 0.717) is 22.2 Å². The van der Waals surface area contributed by atoms with Gasteiger partial charge in [-0.25, -0.2) is 4.79 Å². The Morgan fingerprint density at radius 2 is 1.90 bits per heavy atom. The Bertz CT molecular complexity index is 949.